The smallest absolute Gasteiger partial charge is 0.303 e. The summed E-state index contributed by atoms with van der Waals surface area (Å²) in [5.74, 6) is -0.713. The highest BCUT2D eigenvalue weighted by Crippen LogP contribution is 2.14. The maximum atomic E-state index is 10.7. The third-order valence-corrected chi connectivity index (χ3v) is 3.66. The molecule has 1 aliphatic heterocycles. The number of rotatable bonds is 5. The van der Waals surface area contributed by atoms with Crippen LogP contribution in [-0.2, 0) is 11.3 Å². The van der Waals surface area contributed by atoms with Gasteiger partial charge in [-0.25, -0.2) is 0 Å². The molecule has 104 valence electrons. The summed E-state index contributed by atoms with van der Waals surface area (Å²) in [6.45, 7) is 3.76. The zero-order valence-electron chi connectivity index (χ0n) is 11.3. The number of carboxylic acids is 1. The van der Waals surface area contributed by atoms with E-state index in [1.54, 1.807) is 0 Å². The summed E-state index contributed by atoms with van der Waals surface area (Å²) in [5.41, 5.74) is 1.07. The van der Waals surface area contributed by atoms with E-state index in [4.69, 9.17) is 5.11 Å². The largest absolute Gasteiger partial charge is 0.481 e. The van der Waals surface area contributed by atoms with Crippen LogP contribution >= 0.6 is 0 Å². The van der Waals surface area contributed by atoms with Gasteiger partial charge in [0.05, 0.1) is 5.69 Å². The van der Waals surface area contributed by atoms with E-state index in [1.807, 2.05) is 24.4 Å². The fourth-order valence-corrected chi connectivity index (χ4v) is 2.48. The summed E-state index contributed by atoms with van der Waals surface area (Å²) in [6, 6.07) is 6.28. The van der Waals surface area contributed by atoms with Crippen molar-refractivity contribution in [2.45, 2.75) is 25.4 Å². The number of carbonyl (C=O) groups is 1. The summed E-state index contributed by atoms with van der Waals surface area (Å²) >= 11 is 0. The second-order valence-corrected chi connectivity index (χ2v) is 5.12. The van der Waals surface area contributed by atoms with Crippen molar-refractivity contribution >= 4 is 5.97 Å². The fraction of sp³-hybridized carbons (Fsp3) is 0.571. The molecule has 1 saturated heterocycles. The lowest BCUT2D eigenvalue weighted by molar-refractivity contribution is -0.137. The third kappa shape index (κ3) is 4.29. The Labute approximate surface area is 113 Å². The van der Waals surface area contributed by atoms with Gasteiger partial charge in [-0.05, 0) is 25.6 Å². The zero-order chi connectivity index (χ0) is 13.7. The molecule has 0 amide bonds. The zero-order valence-corrected chi connectivity index (χ0v) is 11.3. The standard InChI is InChI=1S/C14H21N3O2/c1-16-8-9-17(10-12-4-2-3-7-15-12)11-13(16)5-6-14(18)19/h2-4,7,13H,5-6,8-11H2,1H3,(H,18,19). The lowest BCUT2D eigenvalue weighted by atomic mass is 10.1. The van der Waals surface area contributed by atoms with Crippen LogP contribution in [0, 0.1) is 0 Å². The minimum atomic E-state index is -0.713. The quantitative estimate of drug-likeness (QED) is 0.861. The Bertz CT molecular complexity index is 410. The van der Waals surface area contributed by atoms with Gasteiger partial charge in [-0.3, -0.25) is 14.7 Å². The Morgan fingerprint density at radius 3 is 3.00 bits per heavy atom. The number of hydrogen-bond donors (Lipinski definition) is 1. The highest BCUT2D eigenvalue weighted by Gasteiger charge is 2.24. The van der Waals surface area contributed by atoms with Crippen molar-refractivity contribution in [1.82, 2.24) is 14.8 Å². The van der Waals surface area contributed by atoms with Gasteiger partial charge >= 0.3 is 5.97 Å². The average Bonchev–Trinajstić information content (AvgIpc) is 2.40. The van der Waals surface area contributed by atoms with Crippen LogP contribution < -0.4 is 0 Å². The molecule has 0 bridgehead atoms. The van der Waals surface area contributed by atoms with Crippen LogP contribution in [0.2, 0.25) is 0 Å². The molecule has 1 aromatic heterocycles. The average molecular weight is 263 g/mol. The normalized spacial score (nSPS) is 21.4. The first-order valence-corrected chi connectivity index (χ1v) is 6.69. The number of nitrogens with zero attached hydrogens (tertiary/aromatic N) is 3. The number of aromatic nitrogens is 1. The van der Waals surface area contributed by atoms with Crippen LogP contribution in [0.1, 0.15) is 18.5 Å². The second kappa shape index (κ2) is 6.63. The van der Waals surface area contributed by atoms with E-state index >= 15 is 0 Å². The summed E-state index contributed by atoms with van der Waals surface area (Å²) in [7, 11) is 2.07. The van der Waals surface area contributed by atoms with Gasteiger partial charge in [0.15, 0.2) is 0 Å². The van der Waals surface area contributed by atoms with Crippen LogP contribution in [0.4, 0.5) is 0 Å². The molecule has 1 unspecified atom stereocenters. The molecular weight excluding hydrogens is 242 g/mol. The Morgan fingerprint density at radius 1 is 1.47 bits per heavy atom. The van der Waals surface area contributed by atoms with E-state index in [9.17, 15) is 4.79 Å². The van der Waals surface area contributed by atoms with E-state index < -0.39 is 5.97 Å². The molecule has 1 fully saturated rings. The highest BCUT2D eigenvalue weighted by molar-refractivity contribution is 5.66. The van der Waals surface area contributed by atoms with E-state index in [0.29, 0.717) is 12.5 Å². The van der Waals surface area contributed by atoms with Crippen LogP contribution in [0.15, 0.2) is 24.4 Å². The number of carboxylic acid groups (broad SMARTS) is 1. The maximum Gasteiger partial charge on any atom is 0.303 e. The molecule has 1 aromatic rings. The third-order valence-electron chi connectivity index (χ3n) is 3.66. The molecule has 2 heterocycles. The van der Waals surface area contributed by atoms with Crippen LogP contribution in [0.3, 0.4) is 0 Å². The molecule has 2 rings (SSSR count). The summed E-state index contributed by atoms with van der Waals surface area (Å²) in [5, 5.41) is 8.79. The van der Waals surface area contributed by atoms with Gasteiger partial charge < -0.3 is 10.0 Å². The lowest BCUT2D eigenvalue weighted by Gasteiger charge is -2.39. The molecule has 0 aromatic carbocycles. The first-order valence-electron chi connectivity index (χ1n) is 6.69. The van der Waals surface area contributed by atoms with Gasteiger partial charge in [-0.1, -0.05) is 6.07 Å². The first kappa shape index (κ1) is 14.0. The molecule has 0 aliphatic carbocycles. The van der Waals surface area contributed by atoms with Gasteiger partial charge in [0, 0.05) is 44.8 Å². The molecule has 1 aliphatic rings. The predicted molar refractivity (Wildman–Crippen MR) is 72.8 cm³/mol. The van der Waals surface area contributed by atoms with Gasteiger partial charge in [-0.15, -0.1) is 0 Å². The monoisotopic (exact) mass is 263 g/mol. The number of pyridine rings is 1. The van der Waals surface area contributed by atoms with Gasteiger partial charge in [0.1, 0.15) is 0 Å². The van der Waals surface area contributed by atoms with Crippen LogP contribution in [0.25, 0.3) is 0 Å². The molecule has 0 spiro atoms. The number of aliphatic carboxylic acids is 1. The van der Waals surface area contributed by atoms with Crippen molar-refractivity contribution in [2.75, 3.05) is 26.7 Å². The minimum Gasteiger partial charge on any atom is -0.481 e. The maximum absolute atomic E-state index is 10.7. The van der Waals surface area contributed by atoms with Crippen molar-refractivity contribution in [2.24, 2.45) is 0 Å². The molecule has 19 heavy (non-hydrogen) atoms. The van der Waals surface area contributed by atoms with Crippen molar-refractivity contribution in [3.8, 4) is 0 Å². The minimum absolute atomic E-state index is 0.242. The van der Waals surface area contributed by atoms with Crippen molar-refractivity contribution in [3.05, 3.63) is 30.1 Å². The summed E-state index contributed by atoms with van der Waals surface area (Å²) < 4.78 is 0. The topological polar surface area (TPSA) is 56.7 Å². The van der Waals surface area contributed by atoms with Gasteiger partial charge in [0.25, 0.3) is 0 Å². The Balaban J connectivity index is 1.88. The van der Waals surface area contributed by atoms with E-state index in [-0.39, 0.29) is 6.42 Å². The molecule has 0 saturated carbocycles. The predicted octanol–water partition coefficient (Wildman–Crippen LogP) is 1.06. The lowest BCUT2D eigenvalue weighted by Crippen LogP contribution is -2.51. The van der Waals surface area contributed by atoms with Crippen molar-refractivity contribution < 1.29 is 9.90 Å². The van der Waals surface area contributed by atoms with Gasteiger partial charge in [0.2, 0.25) is 0 Å². The SMILES string of the molecule is CN1CCN(Cc2ccccn2)CC1CCC(=O)O. The molecule has 0 radical (unpaired) electrons. The Kier molecular flexibility index (Phi) is 4.87. The van der Waals surface area contributed by atoms with Crippen molar-refractivity contribution in [1.29, 1.82) is 0 Å². The van der Waals surface area contributed by atoms with Crippen molar-refractivity contribution in [3.63, 3.8) is 0 Å². The summed E-state index contributed by atoms with van der Waals surface area (Å²) in [6.07, 6.45) is 2.77. The summed E-state index contributed by atoms with van der Waals surface area (Å²) in [4.78, 5) is 19.6. The van der Waals surface area contributed by atoms with E-state index in [0.717, 1.165) is 31.9 Å². The second-order valence-electron chi connectivity index (χ2n) is 5.12. The fourth-order valence-electron chi connectivity index (χ4n) is 2.48. The molecule has 1 atom stereocenters. The Hall–Kier alpha value is -1.46. The Morgan fingerprint density at radius 2 is 2.32 bits per heavy atom. The van der Waals surface area contributed by atoms with Crippen LogP contribution in [-0.4, -0.2) is 58.6 Å². The van der Waals surface area contributed by atoms with E-state index in [1.165, 1.54) is 0 Å². The van der Waals surface area contributed by atoms with Crippen LogP contribution in [0.5, 0.6) is 0 Å². The number of likely N-dealkylation sites (N-methyl/N-ethyl adjacent to an activating group) is 1. The number of hydrogen-bond acceptors (Lipinski definition) is 4. The first-order chi connectivity index (χ1) is 9.15. The van der Waals surface area contributed by atoms with E-state index in [2.05, 4.69) is 21.8 Å². The number of piperazine rings is 1. The molecule has 1 N–H and O–H groups in total. The molecule has 5 nitrogen and oxygen atoms in total. The molecular formula is C14H21N3O2. The van der Waals surface area contributed by atoms with Gasteiger partial charge in [-0.2, -0.15) is 0 Å². The molecule has 5 heteroatoms. The highest BCUT2D eigenvalue weighted by atomic mass is 16.4.